The van der Waals surface area contributed by atoms with E-state index in [0.717, 1.165) is 50.6 Å². The number of nitrogens with zero attached hydrogens (tertiary/aromatic N) is 6. The third-order valence-corrected chi connectivity index (χ3v) is 9.34. The van der Waals surface area contributed by atoms with E-state index in [2.05, 4.69) is 25.6 Å². The van der Waals surface area contributed by atoms with Crippen LogP contribution in [0.15, 0.2) is 101 Å². The summed E-state index contributed by atoms with van der Waals surface area (Å²) >= 11 is 0. The first-order chi connectivity index (χ1) is 24.1. The quantitative estimate of drug-likeness (QED) is 0.252. The average molecular weight is 667 g/mol. The fourth-order valence-corrected chi connectivity index (χ4v) is 6.59. The minimum absolute atomic E-state index is 0.0316. The number of hydrogen-bond donors (Lipinski definition) is 2. The van der Waals surface area contributed by atoms with Crippen LogP contribution in [0.25, 0.3) is 0 Å². The number of pyridine rings is 1. The Labute approximate surface area is 290 Å². The molecule has 2 N–H and O–H groups in total. The van der Waals surface area contributed by atoms with E-state index in [1.807, 2.05) is 81.5 Å². The van der Waals surface area contributed by atoms with Gasteiger partial charge in [0.15, 0.2) is 5.78 Å². The molecule has 1 unspecified atom stereocenters. The first-order valence-electron chi connectivity index (χ1n) is 16.7. The van der Waals surface area contributed by atoms with Crippen molar-refractivity contribution in [1.82, 2.24) is 25.2 Å². The van der Waals surface area contributed by atoms with Crippen LogP contribution in [0.2, 0.25) is 0 Å². The van der Waals surface area contributed by atoms with E-state index >= 15 is 0 Å². The highest BCUT2D eigenvalue weighted by Gasteiger charge is 2.34. The number of aryl methyl sites for hydroxylation is 1. The third-order valence-electron chi connectivity index (χ3n) is 9.34. The number of fused-ring (bicyclic) bond motifs is 2. The summed E-state index contributed by atoms with van der Waals surface area (Å²) in [6.45, 7) is 6.08. The van der Waals surface area contributed by atoms with Gasteiger partial charge in [0.2, 0.25) is 5.95 Å². The van der Waals surface area contributed by atoms with Crippen molar-refractivity contribution in [2.45, 2.75) is 58.7 Å². The highest BCUT2D eigenvalue weighted by atomic mass is 16.2. The number of carbonyl (C=O) groups excluding carboxylic acids is 3. The van der Waals surface area contributed by atoms with Crippen molar-refractivity contribution in [3.8, 4) is 0 Å². The van der Waals surface area contributed by atoms with Gasteiger partial charge in [-0.15, -0.1) is 0 Å². The lowest BCUT2D eigenvalue weighted by Crippen LogP contribution is -2.46. The Bertz CT molecular complexity index is 2090. The fourth-order valence-electron chi connectivity index (χ4n) is 6.59. The van der Waals surface area contributed by atoms with Gasteiger partial charge < -0.3 is 10.6 Å². The van der Waals surface area contributed by atoms with Gasteiger partial charge in [-0.25, -0.2) is 9.78 Å². The van der Waals surface area contributed by atoms with E-state index in [-0.39, 0.29) is 36.7 Å². The number of urea groups is 1. The van der Waals surface area contributed by atoms with Gasteiger partial charge in [0.05, 0.1) is 24.5 Å². The lowest BCUT2D eigenvalue weighted by atomic mass is 9.95. The van der Waals surface area contributed by atoms with Crippen LogP contribution in [0.3, 0.4) is 0 Å². The molecule has 3 amide bonds. The molecule has 2 aromatic heterocycles. The summed E-state index contributed by atoms with van der Waals surface area (Å²) in [5, 5.41) is 6.28. The Morgan fingerprint density at radius 2 is 1.78 bits per heavy atom. The molecule has 0 saturated carbocycles. The zero-order valence-corrected chi connectivity index (χ0v) is 28.5. The summed E-state index contributed by atoms with van der Waals surface area (Å²) in [5.74, 6) is 0.678. The Morgan fingerprint density at radius 3 is 2.56 bits per heavy atom. The third kappa shape index (κ3) is 6.67. The van der Waals surface area contributed by atoms with Gasteiger partial charge in [0, 0.05) is 54.3 Å². The number of nitrogens with one attached hydrogen (secondary N) is 2. The van der Waals surface area contributed by atoms with Crippen LogP contribution in [0, 0.1) is 6.92 Å². The largest absolute Gasteiger partial charge is 0.345 e. The molecule has 2 aliphatic heterocycles. The van der Waals surface area contributed by atoms with Crippen molar-refractivity contribution in [1.29, 1.82) is 0 Å². The summed E-state index contributed by atoms with van der Waals surface area (Å²) < 4.78 is 0. The van der Waals surface area contributed by atoms with E-state index in [1.54, 1.807) is 36.5 Å². The van der Waals surface area contributed by atoms with Crippen molar-refractivity contribution in [2.24, 2.45) is 4.99 Å². The summed E-state index contributed by atoms with van der Waals surface area (Å²) in [6.07, 6.45) is 8.73. The van der Waals surface area contributed by atoms with Gasteiger partial charge in [-0.1, -0.05) is 42.5 Å². The molecule has 11 heteroatoms. The molecular formula is C39H38N8O3. The van der Waals surface area contributed by atoms with Gasteiger partial charge >= 0.3 is 6.03 Å². The molecule has 3 aliphatic rings. The number of amides is 3. The van der Waals surface area contributed by atoms with Crippen LogP contribution < -0.4 is 15.5 Å². The average Bonchev–Trinajstić information content (AvgIpc) is 3.23. The van der Waals surface area contributed by atoms with Crippen LogP contribution in [-0.4, -0.2) is 62.4 Å². The fraction of sp³-hybridized carbons (Fsp3) is 0.256. The van der Waals surface area contributed by atoms with Crippen LogP contribution in [0.5, 0.6) is 0 Å². The minimum atomic E-state index is -0.465. The maximum absolute atomic E-state index is 13.7. The highest BCUT2D eigenvalue weighted by Crippen LogP contribution is 2.33. The lowest BCUT2D eigenvalue weighted by molar-refractivity contribution is -0.119. The standard InChI is InChI=1S/C39H38N8O3/c1-23-10-13-30(19-34(23)47-22-29-20-41-38(45-36(29)46(4)39(47)50)44-31-14-11-24(2)40-21-31)43-37(49)27-12-15-32-25(3)42-33(35(48)18-28(32)17-27)16-26-8-6-5-7-9-26/h5-12,14-15,17,19-21,30,33H,13,16,18,22H2,1-4H3,(H,43,49)(H,41,44,45)/t30?,33-/m1/s1. The van der Waals surface area contributed by atoms with Gasteiger partial charge in [-0.05, 0) is 79.8 Å². The van der Waals surface area contributed by atoms with Crippen molar-refractivity contribution in [3.63, 3.8) is 0 Å². The molecule has 0 radical (unpaired) electrons. The van der Waals surface area contributed by atoms with Crippen molar-refractivity contribution in [2.75, 3.05) is 17.3 Å². The normalized spacial score (nSPS) is 18.7. The number of benzene rings is 2. The first-order valence-corrected chi connectivity index (χ1v) is 16.7. The Kier molecular flexibility index (Phi) is 8.80. The zero-order valence-electron chi connectivity index (χ0n) is 28.5. The maximum atomic E-state index is 13.7. The number of carbonyl (C=O) groups is 3. The van der Waals surface area contributed by atoms with E-state index < -0.39 is 6.04 Å². The number of aliphatic imine (C=N–C) groups is 1. The summed E-state index contributed by atoms with van der Waals surface area (Å²) in [7, 11) is 1.69. The molecule has 0 saturated heterocycles. The predicted molar refractivity (Wildman–Crippen MR) is 193 cm³/mol. The smallest absolute Gasteiger partial charge is 0.330 e. The molecule has 1 aliphatic carbocycles. The molecule has 11 nitrogen and oxygen atoms in total. The van der Waals surface area contributed by atoms with Gasteiger partial charge in [0.1, 0.15) is 11.9 Å². The van der Waals surface area contributed by atoms with Crippen molar-refractivity contribution in [3.05, 3.63) is 130 Å². The van der Waals surface area contributed by atoms with Crippen molar-refractivity contribution >= 4 is 40.9 Å². The summed E-state index contributed by atoms with van der Waals surface area (Å²) in [5.41, 5.74) is 8.12. The number of ketones is 1. The van der Waals surface area contributed by atoms with Gasteiger partial charge in [0.25, 0.3) is 5.91 Å². The second kappa shape index (κ2) is 13.5. The molecule has 0 bridgehead atoms. The molecule has 0 fully saturated rings. The Hall–Kier alpha value is -5.97. The van der Waals surface area contributed by atoms with E-state index in [0.29, 0.717) is 30.2 Å². The maximum Gasteiger partial charge on any atom is 0.330 e. The monoisotopic (exact) mass is 666 g/mol. The molecule has 252 valence electrons. The summed E-state index contributed by atoms with van der Waals surface area (Å²) in [4.78, 5) is 62.0. The Balaban J connectivity index is 1.05. The topological polar surface area (TPSA) is 133 Å². The number of hydrogen-bond acceptors (Lipinski definition) is 8. The zero-order chi connectivity index (χ0) is 34.9. The molecule has 4 aromatic rings. The molecule has 4 heterocycles. The molecule has 7 rings (SSSR count). The van der Waals surface area contributed by atoms with E-state index in [9.17, 15) is 14.4 Å². The summed E-state index contributed by atoms with van der Waals surface area (Å²) in [6, 6.07) is 18.1. The van der Waals surface area contributed by atoms with E-state index in [1.165, 1.54) is 4.90 Å². The second-order valence-corrected chi connectivity index (χ2v) is 13.0. The van der Waals surface area contributed by atoms with Crippen LogP contribution in [0.1, 0.15) is 58.6 Å². The molecule has 0 spiro atoms. The SMILES string of the molecule is CC1=CCC(NC(=O)c2ccc3c(c2)CC(=O)[C@@H](Cc2ccccc2)N=C3C)C=C1N1Cc2cnc(Nc3ccc(C)nc3)nc2N(C)C1=O. The van der Waals surface area contributed by atoms with E-state index in [4.69, 9.17) is 4.99 Å². The number of allylic oxidation sites excluding steroid dienone is 1. The minimum Gasteiger partial charge on any atom is -0.345 e. The Morgan fingerprint density at radius 1 is 0.960 bits per heavy atom. The van der Waals surface area contributed by atoms with Gasteiger partial charge in [-0.3, -0.25) is 29.4 Å². The molecular weight excluding hydrogens is 628 g/mol. The first kappa shape index (κ1) is 32.6. The number of Topliss-reactive ketones (excluding diaryl/α,β-unsaturated/α-hetero) is 1. The molecule has 2 aromatic carbocycles. The van der Waals surface area contributed by atoms with Crippen LogP contribution >= 0.6 is 0 Å². The lowest BCUT2D eigenvalue weighted by Gasteiger charge is -2.37. The van der Waals surface area contributed by atoms with Crippen molar-refractivity contribution < 1.29 is 14.4 Å². The van der Waals surface area contributed by atoms with Crippen LogP contribution in [-0.2, 0) is 24.2 Å². The number of anilines is 3. The second-order valence-electron chi connectivity index (χ2n) is 13.0. The number of aromatic nitrogens is 3. The molecule has 2 atom stereocenters. The number of rotatable bonds is 7. The highest BCUT2D eigenvalue weighted by molar-refractivity contribution is 6.06. The van der Waals surface area contributed by atoms with Gasteiger partial charge in [-0.2, -0.15) is 4.98 Å². The molecule has 50 heavy (non-hydrogen) atoms. The van der Waals surface area contributed by atoms with Crippen LogP contribution in [0.4, 0.5) is 22.2 Å². The predicted octanol–water partition coefficient (Wildman–Crippen LogP) is 5.87.